The maximum absolute atomic E-state index is 13.5. The van der Waals surface area contributed by atoms with Crippen molar-refractivity contribution >= 4 is 58.4 Å². The molecule has 1 saturated carbocycles. The first-order valence-electron chi connectivity index (χ1n) is 21.9. The number of fused-ring (bicyclic) bond motifs is 1. The fourth-order valence-electron chi connectivity index (χ4n) is 10.1. The number of thiophene rings is 1. The summed E-state index contributed by atoms with van der Waals surface area (Å²) < 4.78 is 11.6. The Labute approximate surface area is 378 Å². The number of carbonyl (C=O) groups excluding carboxylic acids is 6. The minimum atomic E-state index is -0.977. The molecule has 4 fully saturated rings. The Bertz CT molecular complexity index is 2350. The number of imide groups is 2. The summed E-state index contributed by atoms with van der Waals surface area (Å²) in [6.45, 7) is 8.69. The molecule has 2 N–H and O–H groups in total. The lowest BCUT2D eigenvalue weighted by Crippen LogP contribution is -2.64. The molecular formula is C47H58N8O8S. The van der Waals surface area contributed by atoms with Crippen LogP contribution in [0.3, 0.4) is 0 Å². The second-order valence-corrected chi connectivity index (χ2v) is 19.4. The highest BCUT2D eigenvalue weighted by atomic mass is 32.1. The summed E-state index contributed by atoms with van der Waals surface area (Å²) in [7, 11) is 11.1. The number of aldehydes is 1. The van der Waals surface area contributed by atoms with Crippen LogP contribution < -0.4 is 25.0 Å². The van der Waals surface area contributed by atoms with Crippen LogP contribution in [0.5, 0.6) is 11.5 Å². The molecule has 0 radical (unpaired) electrons. The number of nitrogens with zero attached hydrogens (tertiary/aromatic N) is 6. The molecule has 340 valence electrons. The molecule has 5 aliphatic rings. The van der Waals surface area contributed by atoms with Gasteiger partial charge in [0, 0.05) is 114 Å². The molecule has 16 nitrogen and oxygen atoms in total. The number of hydrogen-bond donors (Lipinski definition) is 2. The van der Waals surface area contributed by atoms with Gasteiger partial charge >= 0.3 is 0 Å². The van der Waals surface area contributed by atoms with Gasteiger partial charge in [-0.1, -0.05) is 0 Å². The molecule has 8 rings (SSSR count). The van der Waals surface area contributed by atoms with E-state index >= 15 is 0 Å². The average Bonchev–Trinajstić information content (AvgIpc) is 3.79. The van der Waals surface area contributed by atoms with E-state index < -0.39 is 29.7 Å². The summed E-state index contributed by atoms with van der Waals surface area (Å²) in [5.74, 6) is -0.388. The van der Waals surface area contributed by atoms with Crippen LogP contribution in [0.4, 0.5) is 5.69 Å². The standard InChI is InChI=1S/C47H58N8O8S/c1-50(2)24-35(30-17-38(62-5)36(25-51(3)4)39(18-30)63-6)42-31(26-56)19-40(64-42)44(59)48-23-29-21-47(22-29)27-53(28-47)12-11-52-13-15-54(16-14-52)32-7-8-33-34(20-32)46(61)55(45(33)60)37-9-10-41(57)49-43(37)58/h7-8,17-20,24,26,29,37H,9-16,21-23,25,27-28H2,1-6H3,(H,48,59)(H,49,57,58)/b35-24-. The Morgan fingerprint density at radius 2 is 1.58 bits per heavy atom. The third kappa shape index (κ3) is 9.03. The molecule has 1 aliphatic carbocycles. The van der Waals surface area contributed by atoms with Gasteiger partial charge in [0.1, 0.15) is 17.5 Å². The maximum atomic E-state index is 13.5. The normalized spacial score (nSPS) is 20.3. The summed E-state index contributed by atoms with van der Waals surface area (Å²) in [5, 5.41) is 5.40. The lowest BCUT2D eigenvalue weighted by atomic mass is 9.57. The Morgan fingerprint density at radius 3 is 2.20 bits per heavy atom. The second-order valence-electron chi connectivity index (χ2n) is 18.3. The van der Waals surface area contributed by atoms with E-state index in [0.29, 0.717) is 62.4 Å². The van der Waals surface area contributed by atoms with Crippen LogP contribution >= 0.6 is 11.3 Å². The first-order chi connectivity index (χ1) is 30.7. The molecule has 1 atom stereocenters. The highest BCUT2D eigenvalue weighted by Gasteiger charge is 2.52. The minimum absolute atomic E-state index is 0.0881. The fraction of sp³-hybridized carbons (Fsp3) is 0.489. The fourth-order valence-corrected chi connectivity index (χ4v) is 11.1. The molecule has 5 heterocycles. The summed E-state index contributed by atoms with van der Waals surface area (Å²) in [6.07, 6.45) is 5.15. The van der Waals surface area contributed by atoms with Gasteiger partial charge in [0.2, 0.25) is 11.8 Å². The zero-order valence-electron chi connectivity index (χ0n) is 37.5. The van der Waals surface area contributed by atoms with Crippen LogP contribution in [0.15, 0.2) is 42.6 Å². The molecule has 3 saturated heterocycles. The van der Waals surface area contributed by atoms with E-state index in [4.69, 9.17) is 9.47 Å². The number of hydrogen-bond acceptors (Lipinski definition) is 14. The quantitative estimate of drug-likeness (QED) is 0.159. The van der Waals surface area contributed by atoms with Gasteiger partial charge in [0.25, 0.3) is 17.7 Å². The third-order valence-corrected chi connectivity index (χ3v) is 14.3. The number of piperazine rings is 1. The molecule has 4 aliphatic heterocycles. The predicted octanol–water partition coefficient (Wildman–Crippen LogP) is 3.26. The number of nitrogens with one attached hydrogen (secondary N) is 2. The number of ether oxygens (including phenoxy) is 2. The van der Waals surface area contributed by atoms with Gasteiger partial charge in [-0.25, -0.2) is 0 Å². The molecule has 1 aromatic heterocycles. The molecule has 2 aromatic carbocycles. The molecule has 1 unspecified atom stereocenters. The second kappa shape index (κ2) is 18.5. The summed E-state index contributed by atoms with van der Waals surface area (Å²) >= 11 is 1.31. The van der Waals surface area contributed by atoms with E-state index in [-0.39, 0.29) is 18.7 Å². The van der Waals surface area contributed by atoms with Gasteiger partial charge in [0.15, 0.2) is 6.29 Å². The van der Waals surface area contributed by atoms with Crippen LogP contribution in [0.1, 0.15) is 82.4 Å². The highest BCUT2D eigenvalue weighted by molar-refractivity contribution is 7.15. The SMILES string of the molecule is COc1cc(/C(=C/N(C)C)c2sc(C(=O)NCC3CC4(C3)CN(CCN3CCN(c5ccc6c(c5)C(=O)N(C5CCC(=O)NC5=O)C6=O)CC3)C4)cc2C=O)cc(OC)c1CN(C)C. The maximum Gasteiger partial charge on any atom is 0.262 e. The van der Waals surface area contributed by atoms with Gasteiger partial charge < -0.3 is 34.4 Å². The summed E-state index contributed by atoms with van der Waals surface area (Å²) in [6, 6.07) is 9.93. The highest BCUT2D eigenvalue weighted by Crippen LogP contribution is 2.51. The van der Waals surface area contributed by atoms with Crippen LogP contribution in [-0.2, 0) is 16.1 Å². The number of piperidine rings is 1. The molecule has 3 aromatic rings. The molecule has 1 spiro atoms. The topological polar surface area (TPSA) is 164 Å². The minimum Gasteiger partial charge on any atom is -0.496 e. The van der Waals surface area contributed by atoms with E-state index in [1.165, 1.54) is 11.3 Å². The predicted molar refractivity (Wildman–Crippen MR) is 243 cm³/mol. The van der Waals surface area contributed by atoms with Crippen molar-refractivity contribution in [2.75, 3.05) is 106 Å². The van der Waals surface area contributed by atoms with Crippen LogP contribution in [0.2, 0.25) is 0 Å². The summed E-state index contributed by atoms with van der Waals surface area (Å²) in [5.41, 5.74) is 4.77. The molecular weight excluding hydrogens is 837 g/mol. The van der Waals surface area contributed by atoms with E-state index in [1.54, 1.807) is 32.4 Å². The van der Waals surface area contributed by atoms with Crippen molar-refractivity contribution in [3.8, 4) is 11.5 Å². The van der Waals surface area contributed by atoms with Crippen molar-refractivity contribution in [3.63, 3.8) is 0 Å². The number of benzene rings is 2. The molecule has 64 heavy (non-hydrogen) atoms. The van der Waals surface area contributed by atoms with Gasteiger partial charge in [-0.2, -0.15) is 0 Å². The van der Waals surface area contributed by atoms with Crippen molar-refractivity contribution < 1.29 is 38.2 Å². The van der Waals surface area contributed by atoms with E-state index in [2.05, 4.69) is 25.3 Å². The smallest absolute Gasteiger partial charge is 0.262 e. The van der Waals surface area contributed by atoms with E-state index in [1.807, 2.05) is 62.4 Å². The molecule has 17 heteroatoms. The average molecular weight is 895 g/mol. The van der Waals surface area contributed by atoms with Crippen molar-refractivity contribution in [2.24, 2.45) is 11.3 Å². The zero-order chi connectivity index (χ0) is 45.4. The Morgan fingerprint density at radius 1 is 0.906 bits per heavy atom. The number of anilines is 1. The number of carbonyl (C=O) groups is 6. The molecule has 5 amide bonds. The van der Waals surface area contributed by atoms with Crippen molar-refractivity contribution in [2.45, 2.75) is 38.3 Å². The molecule has 0 bridgehead atoms. The lowest BCUT2D eigenvalue weighted by Gasteiger charge is -2.59. The number of amides is 5. The Hall–Kier alpha value is -5.62. The Balaban J connectivity index is 0.786. The summed E-state index contributed by atoms with van der Waals surface area (Å²) in [4.78, 5) is 89.9. The third-order valence-electron chi connectivity index (χ3n) is 13.1. The number of likely N-dealkylation sites (tertiary alicyclic amines) is 1. The first kappa shape index (κ1) is 45.0. The lowest BCUT2D eigenvalue weighted by molar-refractivity contribution is -0.136. The largest absolute Gasteiger partial charge is 0.496 e. The van der Waals surface area contributed by atoms with Crippen LogP contribution in [0.25, 0.3) is 5.57 Å². The van der Waals surface area contributed by atoms with E-state index in [0.717, 1.165) is 98.8 Å². The monoisotopic (exact) mass is 894 g/mol. The van der Waals surface area contributed by atoms with Crippen LogP contribution in [0, 0.1) is 11.3 Å². The Kier molecular flexibility index (Phi) is 13.0. The van der Waals surface area contributed by atoms with Crippen LogP contribution in [-0.4, -0.2) is 168 Å². The van der Waals surface area contributed by atoms with Crippen molar-refractivity contribution in [1.29, 1.82) is 0 Å². The van der Waals surface area contributed by atoms with Gasteiger partial charge in [-0.15, -0.1) is 11.3 Å². The van der Waals surface area contributed by atoms with E-state index in [9.17, 15) is 28.8 Å². The number of rotatable bonds is 16. The van der Waals surface area contributed by atoms with Crippen molar-refractivity contribution in [1.82, 2.24) is 35.1 Å². The zero-order valence-corrected chi connectivity index (χ0v) is 38.3. The van der Waals surface area contributed by atoms with Crippen molar-refractivity contribution in [3.05, 3.63) is 80.2 Å². The van der Waals surface area contributed by atoms with Gasteiger partial charge in [-0.3, -0.25) is 43.9 Å². The van der Waals surface area contributed by atoms with Gasteiger partial charge in [-0.05, 0) is 86.7 Å². The number of methoxy groups -OCH3 is 2. The van der Waals surface area contributed by atoms with Gasteiger partial charge in [0.05, 0.1) is 35.8 Å². The first-order valence-corrected chi connectivity index (χ1v) is 22.7.